The van der Waals surface area contributed by atoms with E-state index in [1.54, 1.807) is 24.3 Å². The normalized spacial score (nSPS) is 19.8. The molecule has 0 saturated carbocycles. The Morgan fingerprint density at radius 2 is 1.66 bits per heavy atom. The zero-order chi connectivity index (χ0) is 20.3. The van der Waals surface area contributed by atoms with Gasteiger partial charge in [0.2, 0.25) is 0 Å². The van der Waals surface area contributed by atoms with Gasteiger partial charge in [-0.15, -0.1) is 0 Å². The number of carbonyl (C=O) groups excluding carboxylic acids is 1. The summed E-state index contributed by atoms with van der Waals surface area (Å²) in [5, 5.41) is 16.3. The van der Waals surface area contributed by atoms with Gasteiger partial charge in [0.1, 0.15) is 5.60 Å². The fourth-order valence-electron chi connectivity index (χ4n) is 3.49. The Hall–Kier alpha value is -3.21. The van der Waals surface area contributed by atoms with E-state index >= 15 is 0 Å². The van der Waals surface area contributed by atoms with E-state index in [0.717, 1.165) is 16.7 Å². The molecule has 29 heavy (non-hydrogen) atoms. The first kappa shape index (κ1) is 19.1. The van der Waals surface area contributed by atoms with Gasteiger partial charge in [0, 0.05) is 17.0 Å². The lowest BCUT2D eigenvalue weighted by Gasteiger charge is -2.27. The van der Waals surface area contributed by atoms with E-state index in [1.165, 1.54) is 0 Å². The van der Waals surface area contributed by atoms with Crippen molar-refractivity contribution < 1.29 is 9.90 Å². The summed E-state index contributed by atoms with van der Waals surface area (Å²) in [6, 6.07) is 25.8. The van der Waals surface area contributed by atoms with Crippen LogP contribution >= 0.6 is 11.6 Å². The standard InChI is InChI=1S/C24H19ClN2O2/c25-20-13-7-10-18(14-20)23(28)27-26-21-15-22(17-8-3-1-4-9-17)24(29,16-21)19-11-5-2-6-12-19/h1-15,29H,16H2,(H,27,28)/b26-21+/t24-/m1/s1. The SMILES string of the molecule is O=C(N/N=C1\C=C(c2ccccc2)[C@](O)(c2ccccc2)C1)c1cccc(Cl)c1. The van der Waals surface area contributed by atoms with Crippen LogP contribution in [0.3, 0.4) is 0 Å². The molecule has 1 aliphatic carbocycles. The van der Waals surface area contributed by atoms with Crippen LogP contribution in [0, 0.1) is 0 Å². The summed E-state index contributed by atoms with van der Waals surface area (Å²) in [6.07, 6.45) is 2.09. The predicted octanol–water partition coefficient (Wildman–Crippen LogP) is 4.80. The molecule has 2 N–H and O–H groups in total. The Labute approximate surface area is 174 Å². The Bertz CT molecular complexity index is 1090. The van der Waals surface area contributed by atoms with Crippen LogP contribution in [-0.4, -0.2) is 16.7 Å². The van der Waals surface area contributed by atoms with Gasteiger partial charge in [0.05, 0.1) is 5.71 Å². The van der Waals surface area contributed by atoms with Gasteiger partial charge in [-0.25, -0.2) is 5.43 Å². The average molecular weight is 403 g/mol. The van der Waals surface area contributed by atoms with Crippen molar-refractivity contribution in [2.24, 2.45) is 5.10 Å². The third kappa shape index (κ3) is 3.99. The van der Waals surface area contributed by atoms with Crippen molar-refractivity contribution in [2.75, 3.05) is 0 Å². The lowest BCUT2D eigenvalue weighted by molar-refractivity contribution is 0.0952. The lowest BCUT2D eigenvalue weighted by atomic mass is 9.84. The van der Waals surface area contributed by atoms with Crippen molar-refractivity contribution in [3.8, 4) is 0 Å². The topological polar surface area (TPSA) is 61.7 Å². The number of nitrogens with zero attached hydrogens (tertiary/aromatic N) is 1. The minimum absolute atomic E-state index is 0.261. The van der Waals surface area contributed by atoms with E-state index in [2.05, 4.69) is 10.5 Å². The summed E-state index contributed by atoms with van der Waals surface area (Å²) in [4.78, 5) is 12.4. The minimum atomic E-state index is -1.22. The molecule has 1 aliphatic rings. The second-order valence-corrected chi connectivity index (χ2v) is 7.32. The molecule has 3 aromatic rings. The predicted molar refractivity (Wildman–Crippen MR) is 116 cm³/mol. The first-order valence-corrected chi connectivity index (χ1v) is 9.62. The van der Waals surface area contributed by atoms with E-state index < -0.39 is 5.60 Å². The molecule has 0 unspecified atom stereocenters. The first-order valence-electron chi connectivity index (χ1n) is 9.24. The van der Waals surface area contributed by atoms with Gasteiger partial charge in [0.25, 0.3) is 5.91 Å². The Morgan fingerprint density at radius 1 is 0.966 bits per heavy atom. The fraction of sp³-hybridized carbons (Fsp3) is 0.0833. The summed E-state index contributed by atoms with van der Waals surface area (Å²) in [6.45, 7) is 0. The monoisotopic (exact) mass is 402 g/mol. The molecule has 4 rings (SSSR count). The van der Waals surface area contributed by atoms with Crippen LogP contribution in [0.5, 0.6) is 0 Å². The fourth-order valence-corrected chi connectivity index (χ4v) is 3.68. The quantitative estimate of drug-likeness (QED) is 0.616. The summed E-state index contributed by atoms with van der Waals surface area (Å²) >= 11 is 5.95. The molecule has 4 nitrogen and oxygen atoms in total. The zero-order valence-corrected chi connectivity index (χ0v) is 16.3. The lowest BCUT2D eigenvalue weighted by Crippen LogP contribution is -2.26. The number of allylic oxidation sites excluding steroid dienone is 1. The molecule has 1 atom stereocenters. The van der Waals surface area contributed by atoms with Crippen molar-refractivity contribution in [1.82, 2.24) is 5.43 Å². The maximum atomic E-state index is 12.4. The highest BCUT2D eigenvalue weighted by molar-refractivity contribution is 6.31. The molecule has 144 valence electrons. The molecule has 5 heteroatoms. The molecular formula is C24H19ClN2O2. The molecule has 0 aliphatic heterocycles. The van der Waals surface area contributed by atoms with Crippen LogP contribution in [0.4, 0.5) is 0 Å². The molecule has 0 fully saturated rings. The zero-order valence-electron chi connectivity index (χ0n) is 15.5. The number of hydrogen-bond acceptors (Lipinski definition) is 3. The maximum Gasteiger partial charge on any atom is 0.271 e. The third-order valence-corrected chi connectivity index (χ3v) is 5.15. The number of amides is 1. The van der Waals surface area contributed by atoms with Gasteiger partial charge in [-0.2, -0.15) is 5.10 Å². The summed E-state index contributed by atoms with van der Waals surface area (Å²) < 4.78 is 0. The summed E-state index contributed by atoms with van der Waals surface area (Å²) in [5.41, 5.74) is 4.79. The van der Waals surface area contributed by atoms with Gasteiger partial charge >= 0.3 is 0 Å². The van der Waals surface area contributed by atoms with Crippen molar-refractivity contribution in [2.45, 2.75) is 12.0 Å². The molecule has 0 bridgehead atoms. The van der Waals surface area contributed by atoms with Crippen LogP contribution in [0.2, 0.25) is 5.02 Å². The number of rotatable bonds is 4. The van der Waals surface area contributed by atoms with E-state index in [9.17, 15) is 9.90 Å². The summed E-state index contributed by atoms with van der Waals surface area (Å²) in [5.74, 6) is -0.357. The first-order chi connectivity index (χ1) is 14.1. The van der Waals surface area contributed by atoms with Gasteiger partial charge in [-0.1, -0.05) is 78.3 Å². The average Bonchev–Trinajstić information content (AvgIpc) is 3.11. The third-order valence-electron chi connectivity index (χ3n) is 4.92. The number of hydrazone groups is 1. The van der Waals surface area contributed by atoms with Crippen LogP contribution in [-0.2, 0) is 5.60 Å². The molecule has 0 aromatic heterocycles. The van der Waals surface area contributed by atoms with E-state index in [-0.39, 0.29) is 12.3 Å². The highest BCUT2D eigenvalue weighted by atomic mass is 35.5. The second-order valence-electron chi connectivity index (χ2n) is 6.88. The Morgan fingerprint density at radius 3 is 2.34 bits per heavy atom. The van der Waals surface area contributed by atoms with E-state index in [1.807, 2.05) is 66.7 Å². The molecule has 1 amide bonds. The number of benzene rings is 3. The second kappa shape index (κ2) is 8.03. The van der Waals surface area contributed by atoms with E-state index in [0.29, 0.717) is 16.3 Å². The van der Waals surface area contributed by atoms with Crippen molar-refractivity contribution >= 4 is 28.8 Å². The Balaban J connectivity index is 1.66. The van der Waals surface area contributed by atoms with Crippen molar-refractivity contribution in [3.05, 3.63) is 113 Å². The van der Waals surface area contributed by atoms with Gasteiger partial charge in [-0.3, -0.25) is 4.79 Å². The smallest absolute Gasteiger partial charge is 0.271 e. The van der Waals surface area contributed by atoms with Crippen LogP contribution in [0.1, 0.15) is 27.9 Å². The minimum Gasteiger partial charge on any atom is -0.380 e. The number of aliphatic hydroxyl groups is 1. The molecule has 0 saturated heterocycles. The van der Waals surface area contributed by atoms with Crippen molar-refractivity contribution in [1.29, 1.82) is 0 Å². The number of halogens is 1. The number of nitrogens with one attached hydrogen (secondary N) is 1. The largest absolute Gasteiger partial charge is 0.380 e. The number of hydrogen-bond donors (Lipinski definition) is 2. The van der Waals surface area contributed by atoms with Crippen LogP contribution < -0.4 is 5.43 Å². The highest BCUT2D eigenvalue weighted by Crippen LogP contribution is 2.43. The maximum absolute atomic E-state index is 12.4. The van der Waals surface area contributed by atoms with Gasteiger partial charge in [0.15, 0.2) is 0 Å². The van der Waals surface area contributed by atoms with Crippen LogP contribution in [0.25, 0.3) is 5.57 Å². The van der Waals surface area contributed by atoms with Gasteiger partial charge in [-0.05, 0) is 41.0 Å². The van der Waals surface area contributed by atoms with Gasteiger partial charge < -0.3 is 5.11 Å². The molecular weight excluding hydrogens is 384 g/mol. The highest BCUT2D eigenvalue weighted by Gasteiger charge is 2.40. The molecule has 0 spiro atoms. The Kier molecular flexibility index (Phi) is 5.30. The number of carbonyl (C=O) groups is 1. The molecule has 0 radical (unpaired) electrons. The van der Waals surface area contributed by atoms with Crippen LogP contribution in [0.15, 0.2) is 96.1 Å². The summed E-state index contributed by atoms with van der Waals surface area (Å²) in [7, 11) is 0. The van der Waals surface area contributed by atoms with E-state index in [4.69, 9.17) is 11.6 Å². The molecule has 0 heterocycles. The van der Waals surface area contributed by atoms with Crippen molar-refractivity contribution in [3.63, 3.8) is 0 Å². The molecule has 3 aromatic carbocycles.